The molecule has 1 nitrogen and oxygen atoms in total. The number of nitrogens with one attached hydrogen (secondary N) is 1. The van der Waals surface area contributed by atoms with Gasteiger partial charge in [0.05, 0.1) is 5.37 Å². The van der Waals surface area contributed by atoms with E-state index >= 15 is 0 Å². The van der Waals surface area contributed by atoms with Gasteiger partial charge in [0.25, 0.3) is 0 Å². The van der Waals surface area contributed by atoms with Crippen molar-refractivity contribution in [3.05, 3.63) is 0 Å². The molecule has 0 radical (unpaired) electrons. The first kappa shape index (κ1) is 8.41. The van der Waals surface area contributed by atoms with Crippen LogP contribution in [0.1, 0.15) is 26.7 Å². The molecule has 0 saturated carbocycles. The van der Waals surface area contributed by atoms with E-state index in [9.17, 15) is 0 Å². The highest BCUT2D eigenvalue weighted by Crippen LogP contribution is 2.24. The minimum absolute atomic E-state index is 0.750. The fraction of sp³-hybridized carbons (Fsp3) is 1.00. The van der Waals surface area contributed by atoms with E-state index in [4.69, 9.17) is 0 Å². The molecule has 0 aromatic rings. The summed E-state index contributed by atoms with van der Waals surface area (Å²) in [6.07, 6.45) is 2.69. The molecule has 1 rings (SSSR count). The standard InChI is InChI=1S/C8H17NS/c1-3-4-7(2)8-9-5-6-10-8/h7-9H,3-6H2,1-2H3. The van der Waals surface area contributed by atoms with Crippen LogP contribution in [0.2, 0.25) is 0 Å². The van der Waals surface area contributed by atoms with Crippen LogP contribution in [0.25, 0.3) is 0 Å². The average molecular weight is 159 g/mol. The molecule has 10 heavy (non-hydrogen) atoms. The highest BCUT2D eigenvalue weighted by Gasteiger charge is 2.19. The average Bonchev–Trinajstić information content (AvgIpc) is 2.38. The van der Waals surface area contributed by atoms with E-state index in [-0.39, 0.29) is 0 Å². The molecule has 1 aliphatic rings. The second kappa shape index (κ2) is 4.24. The van der Waals surface area contributed by atoms with Gasteiger partial charge in [-0.2, -0.15) is 0 Å². The highest BCUT2D eigenvalue weighted by atomic mass is 32.2. The molecular weight excluding hydrogens is 142 g/mol. The third kappa shape index (κ3) is 2.17. The summed E-state index contributed by atoms with van der Waals surface area (Å²) >= 11 is 2.08. The molecule has 1 fully saturated rings. The quantitative estimate of drug-likeness (QED) is 0.676. The molecule has 1 aliphatic heterocycles. The molecular formula is C8H17NS. The van der Waals surface area contributed by atoms with Gasteiger partial charge in [0.15, 0.2) is 0 Å². The lowest BCUT2D eigenvalue weighted by molar-refractivity contribution is 0.465. The van der Waals surface area contributed by atoms with Gasteiger partial charge >= 0.3 is 0 Å². The summed E-state index contributed by atoms with van der Waals surface area (Å²) in [7, 11) is 0. The zero-order chi connectivity index (χ0) is 7.40. The van der Waals surface area contributed by atoms with Crippen LogP contribution < -0.4 is 5.32 Å². The van der Waals surface area contributed by atoms with E-state index in [0.29, 0.717) is 0 Å². The molecule has 2 heteroatoms. The summed E-state index contributed by atoms with van der Waals surface area (Å²) in [4.78, 5) is 0. The SMILES string of the molecule is CCCC(C)C1NCCS1. The first-order valence-electron chi connectivity index (χ1n) is 4.19. The van der Waals surface area contributed by atoms with Crippen molar-refractivity contribution in [2.24, 2.45) is 5.92 Å². The summed E-state index contributed by atoms with van der Waals surface area (Å²) in [5, 5.41) is 4.25. The topological polar surface area (TPSA) is 12.0 Å². The van der Waals surface area contributed by atoms with Gasteiger partial charge < -0.3 is 5.32 Å². The van der Waals surface area contributed by atoms with Crippen LogP contribution in [0.5, 0.6) is 0 Å². The minimum Gasteiger partial charge on any atom is -0.304 e. The van der Waals surface area contributed by atoms with E-state index in [1.807, 2.05) is 0 Å². The zero-order valence-electron chi connectivity index (χ0n) is 6.89. The Morgan fingerprint density at radius 3 is 3.00 bits per heavy atom. The molecule has 60 valence electrons. The predicted molar refractivity (Wildman–Crippen MR) is 48.3 cm³/mol. The van der Waals surface area contributed by atoms with E-state index in [1.165, 1.54) is 25.1 Å². The van der Waals surface area contributed by atoms with Gasteiger partial charge in [0, 0.05) is 12.3 Å². The molecule has 0 bridgehead atoms. The maximum absolute atomic E-state index is 3.50. The molecule has 0 aliphatic carbocycles. The van der Waals surface area contributed by atoms with Crippen molar-refractivity contribution in [3.63, 3.8) is 0 Å². The minimum atomic E-state index is 0.750. The van der Waals surface area contributed by atoms with Crippen molar-refractivity contribution in [1.29, 1.82) is 0 Å². The van der Waals surface area contributed by atoms with E-state index in [1.54, 1.807) is 0 Å². The molecule has 0 spiro atoms. The van der Waals surface area contributed by atoms with Crippen molar-refractivity contribution in [2.75, 3.05) is 12.3 Å². The fourth-order valence-corrected chi connectivity index (χ4v) is 2.61. The fourth-order valence-electron chi connectivity index (χ4n) is 1.42. The Hall–Kier alpha value is 0.310. The largest absolute Gasteiger partial charge is 0.304 e. The van der Waals surface area contributed by atoms with Gasteiger partial charge in [-0.05, 0) is 12.3 Å². The summed E-state index contributed by atoms with van der Waals surface area (Å²) < 4.78 is 0. The molecule has 2 unspecified atom stereocenters. The Bertz CT molecular complexity index is 89.3. The van der Waals surface area contributed by atoms with Crippen molar-refractivity contribution < 1.29 is 0 Å². The van der Waals surface area contributed by atoms with Gasteiger partial charge in [-0.25, -0.2) is 0 Å². The molecule has 0 aromatic heterocycles. The van der Waals surface area contributed by atoms with Crippen LogP contribution in [0.15, 0.2) is 0 Å². The molecule has 2 atom stereocenters. The van der Waals surface area contributed by atoms with Crippen LogP contribution in [-0.2, 0) is 0 Å². The number of rotatable bonds is 3. The number of hydrogen-bond acceptors (Lipinski definition) is 2. The van der Waals surface area contributed by atoms with Crippen LogP contribution >= 0.6 is 11.8 Å². The molecule has 1 N–H and O–H groups in total. The summed E-state index contributed by atoms with van der Waals surface area (Å²) in [5.41, 5.74) is 0. The lowest BCUT2D eigenvalue weighted by atomic mass is 10.1. The molecule has 0 aromatic carbocycles. The number of hydrogen-bond donors (Lipinski definition) is 1. The van der Waals surface area contributed by atoms with Crippen LogP contribution in [0.4, 0.5) is 0 Å². The smallest absolute Gasteiger partial charge is 0.0558 e. The van der Waals surface area contributed by atoms with E-state index in [0.717, 1.165) is 11.3 Å². The van der Waals surface area contributed by atoms with Crippen molar-refractivity contribution >= 4 is 11.8 Å². The highest BCUT2D eigenvalue weighted by molar-refractivity contribution is 8.00. The first-order chi connectivity index (χ1) is 4.84. The lowest BCUT2D eigenvalue weighted by Crippen LogP contribution is -2.26. The number of thioether (sulfide) groups is 1. The van der Waals surface area contributed by atoms with E-state index in [2.05, 4.69) is 30.9 Å². The molecule has 1 heterocycles. The molecule has 1 saturated heterocycles. The lowest BCUT2D eigenvalue weighted by Gasteiger charge is -2.17. The Morgan fingerprint density at radius 1 is 1.70 bits per heavy atom. The Labute approximate surface area is 68.0 Å². The third-order valence-corrected chi connectivity index (χ3v) is 3.44. The van der Waals surface area contributed by atoms with Gasteiger partial charge in [0.2, 0.25) is 0 Å². The second-order valence-corrected chi connectivity index (χ2v) is 4.26. The van der Waals surface area contributed by atoms with Crippen molar-refractivity contribution in [3.8, 4) is 0 Å². The van der Waals surface area contributed by atoms with Crippen LogP contribution in [0, 0.1) is 5.92 Å². The van der Waals surface area contributed by atoms with Crippen LogP contribution in [-0.4, -0.2) is 17.7 Å². The summed E-state index contributed by atoms with van der Waals surface area (Å²) in [5.74, 6) is 2.16. The summed E-state index contributed by atoms with van der Waals surface area (Å²) in [6.45, 7) is 5.82. The molecule has 0 amide bonds. The second-order valence-electron chi connectivity index (χ2n) is 3.01. The monoisotopic (exact) mass is 159 g/mol. The third-order valence-electron chi connectivity index (χ3n) is 2.01. The van der Waals surface area contributed by atoms with Crippen molar-refractivity contribution in [2.45, 2.75) is 32.1 Å². The normalized spacial score (nSPS) is 28.8. The van der Waals surface area contributed by atoms with Gasteiger partial charge in [-0.1, -0.05) is 20.3 Å². The van der Waals surface area contributed by atoms with Gasteiger partial charge in [-0.3, -0.25) is 0 Å². The van der Waals surface area contributed by atoms with Gasteiger partial charge in [0.1, 0.15) is 0 Å². The van der Waals surface area contributed by atoms with Gasteiger partial charge in [-0.15, -0.1) is 11.8 Å². The van der Waals surface area contributed by atoms with Crippen molar-refractivity contribution in [1.82, 2.24) is 5.32 Å². The maximum atomic E-state index is 3.50. The first-order valence-corrected chi connectivity index (χ1v) is 5.24. The Morgan fingerprint density at radius 2 is 2.50 bits per heavy atom. The van der Waals surface area contributed by atoms with E-state index < -0.39 is 0 Å². The van der Waals surface area contributed by atoms with Crippen LogP contribution in [0.3, 0.4) is 0 Å². The zero-order valence-corrected chi connectivity index (χ0v) is 7.71. The Balaban J connectivity index is 2.18. The maximum Gasteiger partial charge on any atom is 0.0558 e. The Kier molecular flexibility index (Phi) is 3.57. The predicted octanol–water partition coefficient (Wildman–Crippen LogP) is 2.09. The summed E-state index contributed by atoms with van der Waals surface area (Å²) in [6, 6.07) is 0.